The molecule has 0 bridgehead atoms. The number of aromatic nitrogens is 3. The molecule has 1 aliphatic rings. The monoisotopic (exact) mass is 548 g/mol. The number of fused-ring (bicyclic) bond motifs is 1. The van der Waals surface area contributed by atoms with Crippen molar-refractivity contribution < 1.29 is 24.2 Å². The van der Waals surface area contributed by atoms with Crippen molar-refractivity contribution in [1.82, 2.24) is 15.0 Å². The maximum atomic E-state index is 13.6. The number of aromatic amines is 1. The van der Waals surface area contributed by atoms with Gasteiger partial charge in [0.1, 0.15) is 24.4 Å². The Labute approximate surface area is 230 Å². The summed E-state index contributed by atoms with van der Waals surface area (Å²) in [5.74, 6) is 0.158. The number of hydrogen-bond donors (Lipinski definition) is 3. The number of carbonyl (C=O) groups is 2. The largest absolute Gasteiger partial charge is 0.394 e. The lowest BCUT2D eigenvalue weighted by Gasteiger charge is -2.29. The number of hydrogen-bond acceptors (Lipinski definition) is 8. The summed E-state index contributed by atoms with van der Waals surface area (Å²) >= 11 is 6.53. The SMILES string of the molecule is O=C(COCc1ccccc1)Cc1ccc(C(=O)c2c[nH]c3ncnc(N[C@@H]4CC[C@@H](CO)OC4)c23)c(Cl)c1. The Kier molecular flexibility index (Phi) is 8.63. The molecule has 2 aromatic heterocycles. The van der Waals surface area contributed by atoms with Gasteiger partial charge >= 0.3 is 0 Å². The molecule has 2 atom stereocenters. The molecule has 2 aromatic carbocycles. The van der Waals surface area contributed by atoms with Crippen molar-refractivity contribution in [2.24, 2.45) is 0 Å². The van der Waals surface area contributed by atoms with E-state index in [1.54, 1.807) is 24.4 Å². The third kappa shape index (κ3) is 6.51. The zero-order valence-corrected chi connectivity index (χ0v) is 22.0. The third-order valence-corrected chi connectivity index (χ3v) is 7.00. The minimum absolute atomic E-state index is 0.00329. The van der Waals surface area contributed by atoms with Crippen LogP contribution < -0.4 is 5.32 Å². The minimum Gasteiger partial charge on any atom is -0.394 e. The first-order chi connectivity index (χ1) is 19.0. The standard InChI is InChI=1S/C29H29ClN4O5/c30-25-11-19(10-21(36)16-38-14-18-4-2-1-3-5-18)6-9-23(25)27(37)24-12-31-28-26(24)29(33-17-32-28)34-20-7-8-22(13-35)39-15-20/h1-6,9,11-12,17,20,22,35H,7-8,10,13-16H2,(H2,31,32,33,34)/t20-,22+/m1/s1. The summed E-state index contributed by atoms with van der Waals surface area (Å²) in [5, 5.41) is 13.5. The molecule has 0 saturated carbocycles. The van der Waals surface area contributed by atoms with Crippen molar-refractivity contribution >= 4 is 40.0 Å². The van der Waals surface area contributed by atoms with Crippen molar-refractivity contribution in [3.8, 4) is 0 Å². The molecule has 3 heterocycles. The van der Waals surface area contributed by atoms with Crippen LogP contribution in [0.3, 0.4) is 0 Å². The van der Waals surface area contributed by atoms with Gasteiger partial charge in [-0.3, -0.25) is 9.59 Å². The molecule has 39 heavy (non-hydrogen) atoms. The zero-order valence-electron chi connectivity index (χ0n) is 21.2. The summed E-state index contributed by atoms with van der Waals surface area (Å²) in [6.07, 6.45) is 4.55. The first-order valence-corrected chi connectivity index (χ1v) is 13.2. The Bertz CT molecular complexity index is 1450. The highest BCUT2D eigenvalue weighted by Crippen LogP contribution is 2.29. The fourth-order valence-corrected chi connectivity index (χ4v) is 4.93. The number of aliphatic hydroxyl groups is 1. The molecule has 5 rings (SSSR count). The summed E-state index contributed by atoms with van der Waals surface area (Å²) in [4.78, 5) is 37.7. The molecule has 9 nitrogen and oxygen atoms in total. The Hall–Kier alpha value is -3.63. The molecule has 0 radical (unpaired) electrons. The molecule has 1 fully saturated rings. The number of Topliss-reactive ketones (excluding diaryl/α,β-unsaturated/α-hetero) is 1. The highest BCUT2D eigenvalue weighted by atomic mass is 35.5. The van der Waals surface area contributed by atoms with Crippen LogP contribution >= 0.6 is 11.6 Å². The van der Waals surface area contributed by atoms with Gasteiger partial charge in [0.2, 0.25) is 0 Å². The van der Waals surface area contributed by atoms with Gasteiger partial charge in [0, 0.05) is 18.2 Å². The van der Waals surface area contributed by atoms with Crippen molar-refractivity contribution in [3.63, 3.8) is 0 Å². The second-order valence-corrected chi connectivity index (χ2v) is 9.95. The van der Waals surface area contributed by atoms with Gasteiger partial charge in [0.25, 0.3) is 0 Å². The van der Waals surface area contributed by atoms with Crippen LogP contribution in [0.2, 0.25) is 5.02 Å². The van der Waals surface area contributed by atoms with Crippen molar-refractivity contribution in [2.75, 3.05) is 25.1 Å². The Balaban J connectivity index is 1.26. The van der Waals surface area contributed by atoms with E-state index in [4.69, 9.17) is 21.1 Å². The number of halogens is 1. The maximum Gasteiger partial charge on any atom is 0.196 e. The first kappa shape index (κ1) is 27.0. The number of nitrogens with zero attached hydrogens (tertiary/aromatic N) is 2. The van der Waals surface area contributed by atoms with E-state index >= 15 is 0 Å². The summed E-state index contributed by atoms with van der Waals surface area (Å²) in [7, 11) is 0. The van der Waals surface area contributed by atoms with Crippen LogP contribution in [-0.2, 0) is 27.3 Å². The molecule has 202 valence electrons. The molecule has 4 aromatic rings. The summed E-state index contributed by atoms with van der Waals surface area (Å²) in [6, 6.07) is 14.7. The van der Waals surface area contributed by atoms with E-state index in [-0.39, 0.29) is 48.4 Å². The average molecular weight is 549 g/mol. The Morgan fingerprint density at radius 1 is 1.10 bits per heavy atom. The van der Waals surface area contributed by atoms with E-state index in [0.29, 0.717) is 46.8 Å². The minimum atomic E-state index is -0.284. The molecular weight excluding hydrogens is 520 g/mol. The van der Waals surface area contributed by atoms with Gasteiger partial charge in [0.15, 0.2) is 11.6 Å². The van der Waals surface area contributed by atoms with Crippen molar-refractivity contribution in [1.29, 1.82) is 0 Å². The number of carbonyl (C=O) groups excluding carboxylic acids is 2. The number of benzene rings is 2. The predicted octanol–water partition coefficient (Wildman–Crippen LogP) is 4.12. The number of anilines is 1. The molecule has 1 aliphatic heterocycles. The van der Waals surface area contributed by atoms with Gasteiger partial charge in [0.05, 0.1) is 47.9 Å². The molecule has 10 heteroatoms. The second-order valence-electron chi connectivity index (χ2n) is 9.54. The van der Waals surface area contributed by atoms with Crippen molar-refractivity contribution in [2.45, 2.75) is 38.0 Å². The number of ketones is 2. The highest BCUT2D eigenvalue weighted by Gasteiger charge is 2.25. The van der Waals surface area contributed by atoms with E-state index < -0.39 is 0 Å². The fraction of sp³-hybridized carbons (Fsp3) is 0.310. The van der Waals surface area contributed by atoms with E-state index in [0.717, 1.165) is 18.4 Å². The summed E-state index contributed by atoms with van der Waals surface area (Å²) < 4.78 is 11.2. The normalized spacial score (nSPS) is 17.3. The number of rotatable bonds is 11. The zero-order chi connectivity index (χ0) is 27.2. The van der Waals surface area contributed by atoms with Gasteiger partial charge in [-0.15, -0.1) is 0 Å². The lowest BCUT2D eigenvalue weighted by molar-refractivity contribution is -0.123. The maximum absolute atomic E-state index is 13.6. The smallest absolute Gasteiger partial charge is 0.196 e. The van der Waals surface area contributed by atoms with Crippen LogP contribution in [0.15, 0.2) is 61.1 Å². The van der Waals surface area contributed by atoms with Crippen LogP contribution in [0.5, 0.6) is 0 Å². The highest BCUT2D eigenvalue weighted by molar-refractivity contribution is 6.35. The number of ether oxygens (including phenoxy) is 2. The third-order valence-electron chi connectivity index (χ3n) is 6.68. The quantitative estimate of drug-likeness (QED) is 0.239. The van der Waals surface area contributed by atoms with Crippen LogP contribution in [0.4, 0.5) is 5.82 Å². The lowest BCUT2D eigenvalue weighted by atomic mass is 10.00. The van der Waals surface area contributed by atoms with Crippen LogP contribution in [0.1, 0.15) is 39.9 Å². The molecule has 0 aliphatic carbocycles. The van der Waals surface area contributed by atoms with Gasteiger partial charge in [-0.1, -0.05) is 48.0 Å². The fourth-order valence-electron chi connectivity index (χ4n) is 4.64. The summed E-state index contributed by atoms with van der Waals surface area (Å²) in [5.41, 5.74) is 2.93. The molecule has 1 saturated heterocycles. The first-order valence-electron chi connectivity index (χ1n) is 12.8. The molecular formula is C29H29ClN4O5. The summed E-state index contributed by atoms with van der Waals surface area (Å²) in [6.45, 7) is 0.776. The average Bonchev–Trinajstić information content (AvgIpc) is 3.39. The van der Waals surface area contributed by atoms with E-state index in [1.807, 2.05) is 30.3 Å². The molecule has 0 amide bonds. The van der Waals surface area contributed by atoms with Crippen LogP contribution in [0, 0.1) is 0 Å². The Morgan fingerprint density at radius 3 is 2.69 bits per heavy atom. The number of H-pyrrole nitrogens is 1. The van der Waals surface area contributed by atoms with Crippen LogP contribution in [0.25, 0.3) is 11.0 Å². The Morgan fingerprint density at radius 2 is 1.95 bits per heavy atom. The molecule has 0 unspecified atom stereocenters. The van der Waals surface area contributed by atoms with E-state index in [2.05, 4.69) is 20.3 Å². The van der Waals surface area contributed by atoms with Crippen LogP contribution in [-0.4, -0.2) is 63.6 Å². The van der Waals surface area contributed by atoms with Gasteiger partial charge < -0.3 is 24.9 Å². The number of nitrogens with one attached hydrogen (secondary N) is 2. The van der Waals surface area contributed by atoms with Crippen molar-refractivity contribution in [3.05, 3.63) is 88.3 Å². The molecule has 3 N–H and O–H groups in total. The van der Waals surface area contributed by atoms with E-state index in [1.165, 1.54) is 6.33 Å². The topological polar surface area (TPSA) is 126 Å². The lowest BCUT2D eigenvalue weighted by Crippen LogP contribution is -2.36. The predicted molar refractivity (Wildman–Crippen MR) is 147 cm³/mol. The number of aliphatic hydroxyl groups excluding tert-OH is 1. The van der Waals surface area contributed by atoms with E-state index in [9.17, 15) is 14.7 Å². The van der Waals surface area contributed by atoms with Gasteiger partial charge in [-0.25, -0.2) is 9.97 Å². The molecule has 0 spiro atoms. The van der Waals surface area contributed by atoms with Gasteiger partial charge in [-0.05, 0) is 36.1 Å². The second kappa shape index (κ2) is 12.5. The van der Waals surface area contributed by atoms with Gasteiger partial charge in [-0.2, -0.15) is 0 Å².